The molecule has 0 saturated carbocycles. The second kappa shape index (κ2) is 18.2. The van der Waals surface area contributed by atoms with Crippen LogP contribution in [0.1, 0.15) is 45.4 Å². The van der Waals surface area contributed by atoms with Gasteiger partial charge in [-0.05, 0) is 38.5 Å². The molecule has 0 aliphatic carbocycles. The van der Waals surface area contributed by atoms with Crippen LogP contribution in [0.15, 0.2) is 15.0 Å². The number of hydrogen-bond donors (Lipinski definition) is 9. The molecule has 0 spiro atoms. The lowest BCUT2D eigenvalue weighted by molar-refractivity contribution is -0.132. The Morgan fingerprint density at radius 3 is 1.44 bits per heavy atom. The maximum atomic E-state index is 12.9. The molecule has 3 amide bonds. The van der Waals surface area contributed by atoms with E-state index in [4.69, 9.17) is 34.4 Å². The zero-order chi connectivity index (χ0) is 27.5. The van der Waals surface area contributed by atoms with E-state index in [-0.39, 0.29) is 43.8 Å². The highest BCUT2D eigenvalue weighted by molar-refractivity contribution is 5.92. The van der Waals surface area contributed by atoms with Crippen LogP contribution >= 0.6 is 0 Å². The Morgan fingerprint density at radius 1 is 0.667 bits per heavy atom. The molecule has 16 heteroatoms. The average Bonchev–Trinajstić information content (AvgIpc) is 2.78. The number of rotatable bonds is 18. The van der Waals surface area contributed by atoms with Crippen LogP contribution in [0.2, 0.25) is 0 Å². The molecule has 0 saturated heterocycles. The standard InChI is InChI=1S/C20H40N12O4/c1-12(34)30-14(6-3-9-28-19(23)24)17(36)32-15(7-4-10-29-20(25)26)16(35)31-13(11-33)5-2-8-27-18(21)22/h11,13-15H,2-10H2,1H3,(H,30,34)(H,31,35)(H,32,36)(H4,21,22,27)(H4,23,24,28)(H4,25,26,29)/t13-,14-,15-/m0/s1. The summed E-state index contributed by atoms with van der Waals surface area (Å²) in [5.74, 6) is -1.84. The minimum Gasteiger partial charge on any atom is -0.370 e. The number of carbonyl (C=O) groups is 4. The molecule has 0 aromatic rings. The molecule has 0 heterocycles. The molecule has 0 rings (SSSR count). The van der Waals surface area contributed by atoms with Gasteiger partial charge in [0.2, 0.25) is 17.7 Å². The summed E-state index contributed by atoms with van der Waals surface area (Å²) in [6.45, 7) is 2.05. The van der Waals surface area contributed by atoms with Crippen LogP contribution in [0.25, 0.3) is 0 Å². The van der Waals surface area contributed by atoms with Crippen molar-refractivity contribution in [2.75, 3.05) is 19.6 Å². The number of aliphatic imine (C=N–C) groups is 3. The van der Waals surface area contributed by atoms with Crippen molar-refractivity contribution in [1.29, 1.82) is 0 Å². The van der Waals surface area contributed by atoms with Crippen molar-refractivity contribution in [2.45, 2.75) is 63.6 Å². The maximum Gasteiger partial charge on any atom is 0.243 e. The molecular weight excluding hydrogens is 472 g/mol. The zero-order valence-electron chi connectivity index (χ0n) is 20.6. The van der Waals surface area contributed by atoms with Crippen LogP contribution in [0.4, 0.5) is 0 Å². The molecule has 0 aliphatic rings. The van der Waals surface area contributed by atoms with E-state index in [9.17, 15) is 19.2 Å². The second-order valence-electron chi connectivity index (χ2n) is 7.91. The molecule has 16 nitrogen and oxygen atoms in total. The first kappa shape index (κ1) is 31.9. The summed E-state index contributed by atoms with van der Waals surface area (Å²) in [6.07, 6.45) is 2.50. The lowest BCUT2D eigenvalue weighted by Crippen LogP contribution is -2.55. The molecule has 0 aromatic carbocycles. The van der Waals surface area contributed by atoms with Gasteiger partial charge >= 0.3 is 0 Å². The Hall–Kier alpha value is -4.11. The van der Waals surface area contributed by atoms with E-state index in [0.717, 1.165) is 0 Å². The zero-order valence-corrected chi connectivity index (χ0v) is 20.6. The van der Waals surface area contributed by atoms with Crippen molar-refractivity contribution in [3.63, 3.8) is 0 Å². The molecule has 0 aromatic heterocycles. The predicted octanol–water partition coefficient (Wildman–Crippen LogP) is -4.18. The fourth-order valence-electron chi connectivity index (χ4n) is 3.04. The summed E-state index contributed by atoms with van der Waals surface area (Å²) in [5.41, 5.74) is 31.8. The molecule has 15 N–H and O–H groups in total. The summed E-state index contributed by atoms with van der Waals surface area (Å²) in [7, 11) is 0. The number of nitrogens with two attached hydrogens (primary N) is 6. The van der Waals surface area contributed by atoms with Crippen LogP contribution in [0.5, 0.6) is 0 Å². The van der Waals surface area contributed by atoms with Gasteiger partial charge < -0.3 is 55.1 Å². The third kappa shape index (κ3) is 16.5. The highest BCUT2D eigenvalue weighted by Gasteiger charge is 2.27. The van der Waals surface area contributed by atoms with E-state index < -0.39 is 35.8 Å². The van der Waals surface area contributed by atoms with E-state index in [1.807, 2.05) is 0 Å². The number of hydrogen-bond acceptors (Lipinski definition) is 7. The summed E-state index contributed by atoms with van der Waals surface area (Å²) in [4.78, 5) is 60.5. The van der Waals surface area contributed by atoms with E-state index in [1.54, 1.807) is 0 Å². The van der Waals surface area contributed by atoms with Crippen molar-refractivity contribution in [3.8, 4) is 0 Å². The summed E-state index contributed by atoms with van der Waals surface area (Å²) >= 11 is 0. The molecule has 0 aliphatic heterocycles. The number of guanidine groups is 3. The van der Waals surface area contributed by atoms with E-state index in [0.29, 0.717) is 38.5 Å². The predicted molar refractivity (Wildman–Crippen MR) is 137 cm³/mol. The minimum absolute atomic E-state index is 0.0720. The smallest absolute Gasteiger partial charge is 0.243 e. The number of nitrogens with zero attached hydrogens (tertiary/aromatic N) is 3. The fraction of sp³-hybridized carbons (Fsp3) is 0.650. The Bertz CT molecular complexity index is 803. The second-order valence-corrected chi connectivity index (χ2v) is 7.91. The van der Waals surface area contributed by atoms with Crippen molar-refractivity contribution >= 4 is 41.9 Å². The Kier molecular flexibility index (Phi) is 16.2. The van der Waals surface area contributed by atoms with Gasteiger partial charge in [0.1, 0.15) is 18.4 Å². The van der Waals surface area contributed by atoms with Gasteiger partial charge in [0.05, 0.1) is 6.04 Å². The number of carbonyl (C=O) groups excluding carboxylic acids is 4. The SMILES string of the molecule is CC(=O)N[C@@H](CCCN=C(N)N)C(=O)N[C@@H](CCCN=C(N)N)C(=O)N[C@H](C=O)CCCN=C(N)N. The molecule has 36 heavy (non-hydrogen) atoms. The van der Waals surface area contributed by atoms with Crippen molar-refractivity contribution in [2.24, 2.45) is 49.4 Å². The molecule has 0 unspecified atom stereocenters. The first-order chi connectivity index (χ1) is 17.0. The van der Waals surface area contributed by atoms with Gasteiger partial charge in [-0.3, -0.25) is 29.4 Å². The number of amides is 3. The summed E-state index contributed by atoms with van der Waals surface area (Å²) in [6, 6.07) is -2.75. The van der Waals surface area contributed by atoms with E-state index in [2.05, 4.69) is 30.9 Å². The van der Waals surface area contributed by atoms with Gasteiger partial charge in [0.25, 0.3) is 0 Å². The van der Waals surface area contributed by atoms with Gasteiger partial charge in [0.15, 0.2) is 17.9 Å². The van der Waals surface area contributed by atoms with Gasteiger partial charge in [-0.1, -0.05) is 0 Å². The van der Waals surface area contributed by atoms with Crippen LogP contribution in [-0.2, 0) is 19.2 Å². The first-order valence-corrected chi connectivity index (χ1v) is 11.5. The topological polar surface area (TPSA) is 298 Å². The molecule has 0 bridgehead atoms. The van der Waals surface area contributed by atoms with Crippen LogP contribution < -0.4 is 50.4 Å². The number of aldehydes is 1. The molecule has 204 valence electrons. The Morgan fingerprint density at radius 2 is 1.06 bits per heavy atom. The third-order valence-electron chi connectivity index (χ3n) is 4.68. The Balaban J connectivity index is 5.33. The highest BCUT2D eigenvalue weighted by atomic mass is 16.2. The van der Waals surface area contributed by atoms with Crippen molar-refractivity contribution in [1.82, 2.24) is 16.0 Å². The molecular formula is C20H40N12O4. The van der Waals surface area contributed by atoms with Gasteiger partial charge in [0, 0.05) is 26.6 Å². The van der Waals surface area contributed by atoms with E-state index in [1.165, 1.54) is 6.92 Å². The fourth-order valence-corrected chi connectivity index (χ4v) is 3.04. The van der Waals surface area contributed by atoms with Gasteiger partial charge in [-0.25, -0.2) is 0 Å². The van der Waals surface area contributed by atoms with Gasteiger partial charge in [-0.2, -0.15) is 0 Å². The maximum absolute atomic E-state index is 12.9. The Labute approximate surface area is 210 Å². The van der Waals surface area contributed by atoms with Crippen molar-refractivity contribution in [3.05, 3.63) is 0 Å². The lowest BCUT2D eigenvalue weighted by atomic mass is 10.1. The first-order valence-electron chi connectivity index (χ1n) is 11.5. The third-order valence-corrected chi connectivity index (χ3v) is 4.68. The summed E-state index contributed by atoms with van der Waals surface area (Å²) in [5, 5.41) is 7.79. The van der Waals surface area contributed by atoms with Crippen molar-refractivity contribution < 1.29 is 19.2 Å². The van der Waals surface area contributed by atoms with Crippen LogP contribution in [0.3, 0.4) is 0 Å². The van der Waals surface area contributed by atoms with Crippen LogP contribution in [0, 0.1) is 0 Å². The lowest BCUT2D eigenvalue weighted by Gasteiger charge is -2.24. The molecule has 3 atom stereocenters. The quantitative estimate of drug-likeness (QED) is 0.0369. The normalized spacial score (nSPS) is 12.7. The molecule has 0 fully saturated rings. The van der Waals surface area contributed by atoms with E-state index >= 15 is 0 Å². The van der Waals surface area contributed by atoms with Gasteiger partial charge in [-0.15, -0.1) is 0 Å². The number of nitrogens with one attached hydrogen (secondary N) is 3. The minimum atomic E-state index is -1.01. The summed E-state index contributed by atoms with van der Waals surface area (Å²) < 4.78 is 0. The average molecular weight is 513 g/mol. The van der Waals surface area contributed by atoms with Crippen LogP contribution in [-0.4, -0.2) is 79.6 Å². The molecule has 0 radical (unpaired) electrons. The largest absolute Gasteiger partial charge is 0.370 e. The highest BCUT2D eigenvalue weighted by Crippen LogP contribution is 2.05. The monoisotopic (exact) mass is 512 g/mol.